The fraction of sp³-hybridized carbons (Fsp3) is 0.909. The number of rotatable bonds is 4. The average Bonchev–Trinajstić information content (AvgIpc) is 2.85. The third kappa shape index (κ3) is 1.64. The molecule has 2 heteroatoms. The molecule has 0 aromatic carbocycles. The Morgan fingerprint density at radius 2 is 1.85 bits per heavy atom. The fourth-order valence-corrected chi connectivity index (χ4v) is 2.21. The Hall–Kier alpha value is -0.370. The Morgan fingerprint density at radius 3 is 2.15 bits per heavy atom. The van der Waals surface area contributed by atoms with Gasteiger partial charge in [0.2, 0.25) is 0 Å². The molecule has 0 spiro atoms. The van der Waals surface area contributed by atoms with E-state index in [1.807, 2.05) is 0 Å². The van der Waals surface area contributed by atoms with Gasteiger partial charge in [-0.1, -0.05) is 13.8 Å². The second-order valence-corrected chi connectivity index (χ2v) is 4.68. The maximum atomic E-state index is 11.9. The molecular formula is C11H22NO+. The SMILES string of the molecule is CCCC(=O)[N+](C)(C)C1(CC)CC1. The van der Waals surface area contributed by atoms with Crippen LogP contribution in [0.4, 0.5) is 0 Å². The van der Waals surface area contributed by atoms with Crippen molar-refractivity contribution in [2.24, 2.45) is 0 Å². The molecule has 0 radical (unpaired) electrons. The monoisotopic (exact) mass is 184 g/mol. The smallest absolute Gasteiger partial charge is 0.261 e. The van der Waals surface area contributed by atoms with Crippen LogP contribution in [0.25, 0.3) is 0 Å². The maximum absolute atomic E-state index is 11.9. The van der Waals surface area contributed by atoms with Crippen LogP contribution < -0.4 is 0 Å². The molecule has 0 unspecified atom stereocenters. The number of quaternary nitrogens is 1. The van der Waals surface area contributed by atoms with Crippen LogP contribution in [0.3, 0.4) is 0 Å². The van der Waals surface area contributed by atoms with E-state index in [1.54, 1.807) is 0 Å². The van der Waals surface area contributed by atoms with E-state index in [2.05, 4.69) is 27.9 Å². The topological polar surface area (TPSA) is 17.1 Å². The normalized spacial score (nSPS) is 20.0. The first kappa shape index (κ1) is 10.7. The molecule has 0 aromatic rings. The predicted molar refractivity (Wildman–Crippen MR) is 54.3 cm³/mol. The van der Waals surface area contributed by atoms with E-state index in [-0.39, 0.29) is 0 Å². The van der Waals surface area contributed by atoms with E-state index in [4.69, 9.17) is 0 Å². The second kappa shape index (κ2) is 3.41. The van der Waals surface area contributed by atoms with Gasteiger partial charge in [0.05, 0.1) is 20.5 Å². The van der Waals surface area contributed by atoms with E-state index in [9.17, 15) is 4.79 Å². The quantitative estimate of drug-likeness (QED) is 0.613. The first-order chi connectivity index (χ1) is 6.00. The number of nitrogens with zero attached hydrogens (tertiary/aromatic N) is 1. The molecule has 1 aliphatic carbocycles. The number of amides is 1. The van der Waals surface area contributed by atoms with Crippen molar-refractivity contribution in [2.45, 2.75) is 51.5 Å². The Balaban J connectivity index is 2.70. The van der Waals surface area contributed by atoms with Crippen LogP contribution in [-0.2, 0) is 4.79 Å². The molecule has 2 nitrogen and oxygen atoms in total. The van der Waals surface area contributed by atoms with Crippen LogP contribution in [0.5, 0.6) is 0 Å². The van der Waals surface area contributed by atoms with Gasteiger partial charge in [-0.05, 0) is 12.8 Å². The van der Waals surface area contributed by atoms with Gasteiger partial charge in [-0.2, -0.15) is 0 Å². The largest absolute Gasteiger partial charge is 0.313 e. The molecule has 0 heterocycles. The van der Waals surface area contributed by atoms with Crippen LogP contribution in [0.2, 0.25) is 0 Å². The van der Waals surface area contributed by atoms with Gasteiger partial charge in [0.15, 0.2) is 0 Å². The number of hydrogen-bond donors (Lipinski definition) is 0. The van der Waals surface area contributed by atoms with Crippen molar-refractivity contribution in [3.05, 3.63) is 0 Å². The summed E-state index contributed by atoms with van der Waals surface area (Å²) in [4.78, 5) is 11.9. The molecule has 1 amide bonds. The highest BCUT2D eigenvalue weighted by Gasteiger charge is 2.57. The van der Waals surface area contributed by atoms with Gasteiger partial charge in [-0.25, -0.2) is 4.79 Å². The number of hydrogen-bond acceptors (Lipinski definition) is 1. The van der Waals surface area contributed by atoms with E-state index in [1.165, 1.54) is 12.8 Å². The summed E-state index contributed by atoms with van der Waals surface area (Å²) < 4.78 is 0.608. The maximum Gasteiger partial charge on any atom is 0.313 e. The molecule has 0 N–H and O–H groups in total. The molecule has 0 aliphatic heterocycles. The minimum Gasteiger partial charge on any atom is -0.261 e. The summed E-state index contributed by atoms with van der Waals surface area (Å²) in [6, 6.07) is 0. The molecule has 1 saturated carbocycles. The summed E-state index contributed by atoms with van der Waals surface area (Å²) in [5.74, 6) is 0.404. The summed E-state index contributed by atoms with van der Waals surface area (Å²) in [7, 11) is 4.16. The Morgan fingerprint density at radius 1 is 1.31 bits per heavy atom. The minimum absolute atomic E-state index is 0.298. The molecular weight excluding hydrogens is 162 g/mol. The van der Waals surface area contributed by atoms with Gasteiger partial charge in [0.1, 0.15) is 5.54 Å². The lowest BCUT2D eigenvalue weighted by Crippen LogP contribution is -2.54. The molecule has 1 aliphatic rings. The standard InChI is InChI=1S/C11H22NO/c1-5-7-10(13)12(3,4)11(6-2)8-9-11/h5-9H2,1-4H3/q+1. The molecule has 76 valence electrons. The Bertz CT molecular complexity index is 204. The van der Waals surface area contributed by atoms with Crippen LogP contribution in [-0.4, -0.2) is 30.0 Å². The van der Waals surface area contributed by atoms with Crippen molar-refractivity contribution in [2.75, 3.05) is 14.1 Å². The zero-order valence-corrected chi connectivity index (χ0v) is 9.39. The van der Waals surface area contributed by atoms with Crippen LogP contribution in [0, 0.1) is 0 Å². The Labute approximate surface area is 81.5 Å². The van der Waals surface area contributed by atoms with Crippen LogP contribution >= 0.6 is 0 Å². The summed E-state index contributed by atoms with van der Waals surface area (Å²) in [6.07, 6.45) is 5.29. The predicted octanol–water partition coefficient (Wildman–Crippen LogP) is 2.33. The molecule has 0 atom stereocenters. The van der Waals surface area contributed by atoms with Crippen molar-refractivity contribution < 1.29 is 9.28 Å². The molecule has 1 rings (SSSR count). The average molecular weight is 184 g/mol. The molecule has 0 saturated heterocycles. The van der Waals surface area contributed by atoms with Gasteiger partial charge < -0.3 is 0 Å². The molecule has 0 aromatic heterocycles. The molecule has 0 bridgehead atoms. The van der Waals surface area contributed by atoms with E-state index >= 15 is 0 Å². The highest BCUT2D eigenvalue weighted by molar-refractivity contribution is 5.69. The summed E-state index contributed by atoms with van der Waals surface area (Å²) in [5.41, 5.74) is 0.298. The third-order valence-electron chi connectivity index (χ3n) is 3.76. The van der Waals surface area contributed by atoms with Crippen LogP contribution in [0.1, 0.15) is 46.0 Å². The highest BCUT2D eigenvalue weighted by atomic mass is 16.2. The molecule has 1 fully saturated rings. The first-order valence-electron chi connectivity index (χ1n) is 5.37. The van der Waals surface area contributed by atoms with Crippen molar-refractivity contribution in [3.63, 3.8) is 0 Å². The third-order valence-corrected chi connectivity index (χ3v) is 3.76. The minimum atomic E-state index is 0.298. The lowest BCUT2D eigenvalue weighted by Gasteiger charge is -2.35. The zero-order chi connectivity index (χ0) is 10.1. The van der Waals surface area contributed by atoms with Crippen LogP contribution in [0.15, 0.2) is 0 Å². The lowest BCUT2D eigenvalue weighted by atomic mass is 10.1. The fourth-order valence-electron chi connectivity index (χ4n) is 2.21. The van der Waals surface area contributed by atoms with Gasteiger partial charge in [0, 0.05) is 12.8 Å². The highest BCUT2D eigenvalue weighted by Crippen LogP contribution is 2.48. The number of carbonyl (C=O) groups is 1. The van der Waals surface area contributed by atoms with E-state index in [0.717, 1.165) is 19.3 Å². The van der Waals surface area contributed by atoms with Crippen molar-refractivity contribution in [1.29, 1.82) is 0 Å². The summed E-state index contributed by atoms with van der Waals surface area (Å²) >= 11 is 0. The zero-order valence-electron chi connectivity index (χ0n) is 9.39. The van der Waals surface area contributed by atoms with Gasteiger partial charge in [-0.3, -0.25) is 4.48 Å². The lowest BCUT2D eigenvalue weighted by molar-refractivity contribution is -0.853. The summed E-state index contributed by atoms with van der Waals surface area (Å²) in [6.45, 7) is 4.27. The first-order valence-corrected chi connectivity index (χ1v) is 5.37. The van der Waals surface area contributed by atoms with Gasteiger partial charge in [-0.15, -0.1) is 0 Å². The van der Waals surface area contributed by atoms with E-state index < -0.39 is 0 Å². The van der Waals surface area contributed by atoms with Crippen molar-refractivity contribution in [3.8, 4) is 0 Å². The molecule has 13 heavy (non-hydrogen) atoms. The van der Waals surface area contributed by atoms with Crippen molar-refractivity contribution >= 4 is 5.91 Å². The van der Waals surface area contributed by atoms with E-state index in [0.29, 0.717) is 15.9 Å². The van der Waals surface area contributed by atoms with Gasteiger partial charge in [0.25, 0.3) is 0 Å². The Kier molecular flexibility index (Phi) is 2.81. The van der Waals surface area contributed by atoms with Crippen molar-refractivity contribution in [1.82, 2.24) is 0 Å². The summed E-state index contributed by atoms with van der Waals surface area (Å²) in [5, 5.41) is 0. The second-order valence-electron chi connectivity index (χ2n) is 4.68. The number of carbonyl (C=O) groups excluding carboxylic acids is 1. The van der Waals surface area contributed by atoms with Gasteiger partial charge >= 0.3 is 5.91 Å².